The van der Waals surface area contributed by atoms with Gasteiger partial charge in [-0.05, 0) is 37.2 Å². The van der Waals surface area contributed by atoms with E-state index in [2.05, 4.69) is 24.1 Å². The van der Waals surface area contributed by atoms with Gasteiger partial charge in [0.2, 0.25) is 15.9 Å². The molecule has 1 rings (SSSR count). The van der Waals surface area contributed by atoms with Crippen molar-refractivity contribution >= 4 is 15.9 Å². The molecular weight excluding hydrogens is 302 g/mol. The van der Waals surface area contributed by atoms with E-state index in [0.717, 1.165) is 25.2 Å². The van der Waals surface area contributed by atoms with Crippen molar-refractivity contribution in [1.29, 1.82) is 0 Å². The summed E-state index contributed by atoms with van der Waals surface area (Å²) < 4.78 is 22.3. The molecule has 0 aliphatic carbocycles. The van der Waals surface area contributed by atoms with Crippen LogP contribution >= 0.6 is 0 Å². The van der Waals surface area contributed by atoms with Crippen LogP contribution in [0.15, 0.2) is 29.2 Å². The monoisotopic (exact) mass is 327 g/mol. The van der Waals surface area contributed by atoms with Gasteiger partial charge in [0.25, 0.3) is 0 Å². The quantitative estimate of drug-likeness (QED) is 0.699. The minimum Gasteiger partial charge on any atom is -0.356 e. The van der Waals surface area contributed by atoms with Crippen LogP contribution < -0.4 is 10.5 Å². The van der Waals surface area contributed by atoms with Crippen LogP contribution in [0.2, 0.25) is 0 Å². The molecule has 0 radical (unpaired) electrons. The first-order valence-corrected chi connectivity index (χ1v) is 9.02. The SMILES string of the molecule is CCN(CC)CCC(=O)NCCc1ccc(S(N)(=O)=O)cc1. The van der Waals surface area contributed by atoms with Crippen LogP contribution in [0.1, 0.15) is 25.8 Å². The first-order chi connectivity index (χ1) is 10.4. The highest BCUT2D eigenvalue weighted by molar-refractivity contribution is 7.89. The fraction of sp³-hybridized carbons (Fsp3) is 0.533. The Morgan fingerprint density at radius 2 is 1.77 bits per heavy atom. The van der Waals surface area contributed by atoms with E-state index < -0.39 is 10.0 Å². The standard InChI is InChI=1S/C15H25N3O3S/c1-3-18(4-2)12-10-15(19)17-11-9-13-5-7-14(8-6-13)22(16,20)21/h5-8H,3-4,9-12H2,1-2H3,(H,17,19)(H2,16,20,21). The van der Waals surface area contributed by atoms with E-state index in [0.29, 0.717) is 19.4 Å². The number of hydrogen-bond donors (Lipinski definition) is 2. The number of primary sulfonamides is 1. The fourth-order valence-electron chi connectivity index (χ4n) is 2.08. The smallest absolute Gasteiger partial charge is 0.238 e. The highest BCUT2D eigenvalue weighted by atomic mass is 32.2. The molecular formula is C15H25N3O3S. The van der Waals surface area contributed by atoms with Gasteiger partial charge < -0.3 is 10.2 Å². The van der Waals surface area contributed by atoms with Crippen molar-refractivity contribution in [2.24, 2.45) is 5.14 Å². The molecule has 0 spiro atoms. The molecule has 0 saturated heterocycles. The molecule has 124 valence electrons. The van der Waals surface area contributed by atoms with E-state index >= 15 is 0 Å². The van der Waals surface area contributed by atoms with Crippen molar-refractivity contribution in [2.45, 2.75) is 31.6 Å². The van der Waals surface area contributed by atoms with Crippen LogP contribution in [-0.4, -0.2) is 45.4 Å². The molecule has 7 heteroatoms. The Bertz CT molecular complexity index is 566. The number of hydrogen-bond acceptors (Lipinski definition) is 4. The Labute approximate surface area is 132 Å². The number of rotatable bonds is 9. The number of nitrogens with one attached hydrogen (secondary N) is 1. The van der Waals surface area contributed by atoms with Gasteiger partial charge in [0.05, 0.1) is 4.90 Å². The summed E-state index contributed by atoms with van der Waals surface area (Å²) in [6.07, 6.45) is 1.15. The number of carbonyl (C=O) groups excluding carboxylic acids is 1. The minimum atomic E-state index is -3.65. The van der Waals surface area contributed by atoms with Crippen molar-refractivity contribution in [3.8, 4) is 0 Å². The molecule has 0 aliphatic heterocycles. The maximum Gasteiger partial charge on any atom is 0.238 e. The molecule has 0 heterocycles. The summed E-state index contributed by atoms with van der Waals surface area (Å²) in [6.45, 7) is 7.34. The van der Waals surface area contributed by atoms with Gasteiger partial charge in [0.1, 0.15) is 0 Å². The molecule has 0 aliphatic rings. The van der Waals surface area contributed by atoms with Gasteiger partial charge in [-0.25, -0.2) is 13.6 Å². The zero-order chi connectivity index (χ0) is 16.6. The number of amides is 1. The number of nitrogens with zero attached hydrogens (tertiary/aromatic N) is 1. The lowest BCUT2D eigenvalue weighted by Gasteiger charge is -2.17. The third-order valence-corrected chi connectivity index (χ3v) is 4.47. The number of carbonyl (C=O) groups is 1. The Hall–Kier alpha value is -1.44. The van der Waals surface area contributed by atoms with Gasteiger partial charge in [-0.1, -0.05) is 26.0 Å². The molecule has 3 N–H and O–H groups in total. The lowest BCUT2D eigenvalue weighted by Crippen LogP contribution is -2.31. The van der Waals surface area contributed by atoms with E-state index in [1.54, 1.807) is 12.1 Å². The van der Waals surface area contributed by atoms with Crippen molar-refractivity contribution in [3.05, 3.63) is 29.8 Å². The first-order valence-electron chi connectivity index (χ1n) is 7.47. The number of sulfonamides is 1. The number of nitrogens with two attached hydrogens (primary N) is 1. The van der Waals surface area contributed by atoms with Gasteiger partial charge in [-0.3, -0.25) is 4.79 Å². The zero-order valence-corrected chi connectivity index (χ0v) is 14.0. The van der Waals surface area contributed by atoms with Crippen LogP contribution in [0.25, 0.3) is 0 Å². The van der Waals surface area contributed by atoms with Gasteiger partial charge in [0.15, 0.2) is 0 Å². The van der Waals surface area contributed by atoms with Crippen LogP contribution in [-0.2, 0) is 21.2 Å². The molecule has 22 heavy (non-hydrogen) atoms. The van der Waals surface area contributed by atoms with Gasteiger partial charge in [0, 0.05) is 19.5 Å². The molecule has 0 atom stereocenters. The largest absolute Gasteiger partial charge is 0.356 e. The summed E-state index contributed by atoms with van der Waals surface area (Å²) in [5.74, 6) is 0.0352. The molecule has 0 aromatic heterocycles. The maximum atomic E-state index is 11.7. The van der Waals surface area contributed by atoms with E-state index in [4.69, 9.17) is 5.14 Å². The van der Waals surface area contributed by atoms with E-state index in [1.165, 1.54) is 12.1 Å². The molecule has 0 unspecified atom stereocenters. The first kappa shape index (κ1) is 18.6. The predicted molar refractivity (Wildman–Crippen MR) is 86.9 cm³/mol. The van der Waals surface area contributed by atoms with Crippen molar-refractivity contribution in [2.75, 3.05) is 26.2 Å². The van der Waals surface area contributed by atoms with Crippen LogP contribution in [0.5, 0.6) is 0 Å². The molecule has 1 amide bonds. The zero-order valence-electron chi connectivity index (χ0n) is 13.2. The molecule has 0 fully saturated rings. The highest BCUT2D eigenvalue weighted by Crippen LogP contribution is 2.08. The van der Waals surface area contributed by atoms with Crippen LogP contribution in [0.3, 0.4) is 0 Å². The normalized spacial score (nSPS) is 11.6. The maximum absolute atomic E-state index is 11.7. The Kier molecular flexibility index (Phi) is 7.50. The Morgan fingerprint density at radius 3 is 2.27 bits per heavy atom. The average molecular weight is 327 g/mol. The van der Waals surface area contributed by atoms with Gasteiger partial charge >= 0.3 is 0 Å². The topological polar surface area (TPSA) is 92.5 Å². The Balaban J connectivity index is 2.33. The Morgan fingerprint density at radius 1 is 1.18 bits per heavy atom. The fourth-order valence-corrected chi connectivity index (χ4v) is 2.60. The minimum absolute atomic E-state index is 0.0352. The third kappa shape index (κ3) is 6.55. The molecule has 6 nitrogen and oxygen atoms in total. The third-order valence-electron chi connectivity index (χ3n) is 3.54. The van der Waals surface area contributed by atoms with E-state index in [9.17, 15) is 13.2 Å². The van der Waals surface area contributed by atoms with E-state index in [-0.39, 0.29) is 10.8 Å². The second-order valence-electron chi connectivity index (χ2n) is 5.07. The summed E-state index contributed by atoms with van der Waals surface area (Å²) in [5.41, 5.74) is 0.955. The van der Waals surface area contributed by atoms with Crippen molar-refractivity contribution in [3.63, 3.8) is 0 Å². The van der Waals surface area contributed by atoms with Crippen molar-refractivity contribution < 1.29 is 13.2 Å². The predicted octanol–water partition coefficient (Wildman–Crippen LogP) is 0.725. The molecule has 1 aromatic carbocycles. The summed E-state index contributed by atoms with van der Waals surface area (Å²) in [7, 11) is -3.65. The lowest BCUT2D eigenvalue weighted by atomic mass is 10.1. The lowest BCUT2D eigenvalue weighted by molar-refractivity contribution is -0.121. The van der Waals surface area contributed by atoms with Gasteiger partial charge in [-0.15, -0.1) is 0 Å². The van der Waals surface area contributed by atoms with Crippen LogP contribution in [0.4, 0.5) is 0 Å². The summed E-state index contributed by atoms with van der Waals surface area (Å²) in [4.78, 5) is 14.0. The summed E-state index contributed by atoms with van der Waals surface area (Å²) in [6, 6.07) is 6.38. The average Bonchev–Trinajstić information content (AvgIpc) is 2.48. The second kappa shape index (κ2) is 8.87. The second-order valence-corrected chi connectivity index (χ2v) is 6.63. The molecule has 0 bridgehead atoms. The molecule has 1 aromatic rings. The van der Waals surface area contributed by atoms with Crippen LogP contribution in [0, 0.1) is 0 Å². The number of benzene rings is 1. The highest BCUT2D eigenvalue weighted by Gasteiger charge is 2.07. The summed E-state index contributed by atoms with van der Waals surface area (Å²) in [5, 5.41) is 7.91. The van der Waals surface area contributed by atoms with E-state index in [1.807, 2.05) is 0 Å². The van der Waals surface area contributed by atoms with Gasteiger partial charge in [-0.2, -0.15) is 0 Å². The van der Waals surface area contributed by atoms with Crippen molar-refractivity contribution in [1.82, 2.24) is 10.2 Å². The molecule has 0 saturated carbocycles. The summed E-state index contributed by atoms with van der Waals surface area (Å²) >= 11 is 0.